The van der Waals surface area contributed by atoms with Crippen molar-refractivity contribution in [2.75, 3.05) is 0 Å². The maximum absolute atomic E-state index is 13.5. The summed E-state index contributed by atoms with van der Waals surface area (Å²) in [5.74, 6) is 0.0393. The van der Waals surface area contributed by atoms with Gasteiger partial charge in [0, 0.05) is 5.92 Å². The zero-order chi connectivity index (χ0) is 11.4. The predicted molar refractivity (Wildman–Crippen MR) is 62.9 cm³/mol. The van der Waals surface area contributed by atoms with Crippen molar-refractivity contribution >= 4 is 0 Å². The van der Waals surface area contributed by atoms with Gasteiger partial charge in [0.15, 0.2) is 0 Å². The standard InChI is InChI=1S/C14H19FO/c1-11-13(15)8-5-9-14(11)16-10-12-6-3-2-4-7-12/h2-4,6-7,11,13-14H,5,8-10H2,1H3/t11-,13+,14+/m1/s1. The Morgan fingerprint density at radius 2 is 2.00 bits per heavy atom. The molecule has 1 aromatic carbocycles. The van der Waals surface area contributed by atoms with Crippen molar-refractivity contribution in [3.05, 3.63) is 35.9 Å². The molecule has 2 heteroatoms. The summed E-state index contributed by atoms with van der Waals surface area (Å²) < 4.78 is 19.3. The molecule has 0 amide bonds. The lowest BCUT2D eigenvalue weighted by Crippen LogP contribution is -2.33. The van der Waals surface area contributed by atoms with Gasteiger partial charge in [-0.1, -0.05) is 37.3 Å². The minimum Gasteiger partial charge on any atom is -0.373 e. The molecule has 88 valence electrons. The van der Waals surface area contributed by atoms with Crippen molar-refractivity contribution in [3.63, 3.8) is 0 Å². The van der Waals surface area contributed by atoms with E-state index in [1.54, 1.807) is 0 Å². The largest absolute Gasteiger partial charge is 0.373 e. The first-order valence-corrected chi connectivity index (χ1v) is 6.07. The van der Waals surface area contributed by atoms with Crippen LogP contribution in [-0.2, 0) is 11.3 Å². The number of alkyl halides is 1. The summed E-state index contributed by atoms with van der Waals surface area (Å²) in [5.41, 5.74) is 1.16. The molecule has 1 saturated carbocycles. The zero-order valence-corrected chi connectivity index (χ0v) is 9.73. The van der Waals surface area contributed by atoms with Crippen LogP contribution in [0.15, 0.2) is 30.3 Å². The number of benzene rings is 1. The third-order valence-corrected chi connectivity index (χ3v) is 3.43. The molecule has 0 saturated heterocycles. The van der Waals surface area contributed by atoms with Gasteiger partial charge in [-0.2, -0.15) is 0 Å². The first-order chi connectivity index (χ1) is 7.77. The lowest BCUT2D eigenvalue weighted by Gasteiger charge is -2.31. The lowest BCUT2D eigenvalue weighted by atomic mass is 9.86. The fraction of sp³-hybridized carbons (Fsp3) is 0.571. The Morgan fingerprint density at radius 3 is 2.75 bits per heavy atom. The molecule has 0 heterocycles. The van der Waals surface area contributed by atoms with Crippen molar-refractivity contribution < 1.29 is 9.13 Å². The molecule has 16 heavy (non-hydrogen) atoms. The highest BCUT2D eigenvalue weighted by atomic mass is 19.1. The molecular weight excluding hydrogens is 203 g/mol. The summed E-state index contributed by atoms with van der Waals surface area (Å²) in [6.07, 6.45) is 2.05. The second-order valence-corrected chi connectivity index (χ2v) is 4.64. The molecule has 1 aliphatic rings. The van der Waals surface area contributed by atoms with Gasteiger partial charge in [-0.3, -0.25) is 0 Å². The summed E-state index contributed by atoms with van der Waals surface area (Å²) in [4.78, 5) is 0. The van der Waals surface area contributed by atoms with Gasteiger partial charge in [0.1, 0.15) is 6.17 Å². The number of rotatable bonds is 3. The number of ether oxygens (including phenoxy) is 1. The minimum atomic E-state index is -0.686. The molecule has 0 aliphatic heterocycles. The molecule has 1 nitrogen and oxygen atoms in total. The Balaban J connectivity index is 1.85. The summed E-state index contributed by atoms with van der Waals surface area (Å²) >= 11 is 0. The zero-order valence-electron chi connectivity index (χ0n) is 9.73. The summed E-state index contributed by atoms with van der Waals surface area (Å²) in [6, 6.07) is 10.1. The van der Waals surface area contributed by atoms with Crippen LogP contribution in [0.5, 0.6) is 0 Å². The Labute approximate surface area is 96.6 Å². The van der Waals surface area contributed by atoms with Crippen molar-refractivity contribution in [2.24, 2.45) is 5.92 Å². The van der Waals surface area contributed by atoms with Gasteiger partial charge in [0.2, 0.25) is 0 Å². The second-order valence-electron chi connectivity index (χ2n) is 4.64. The maximum Gasteiger partial charge on any atom is 0.105 e. The van der Waals surface area contributed by atoms with Crippen molar-refractivity contribution in [3.8, 4) is 0 Å². The van der Waals surface area contributed by atoms with Crippen LogP contribution in [0.1, 0.15) is 31.7 Å². The highest BCUT2D eigenvalue weighted by molar-refractivity contribution is 5.13. The number of hydrogen-bond donors (Lipinski definition) is 0. The van der Waals surface area contributed by atoms with Gasteiger partial charge >= 0.3 is 0 Å². The Morgan fingerprint density at radius 1 is 1.25 bits per heavy atom. The van der Waals surface area contributed by atoms with E-state index in [4.69, 9.17) is 4.74 Å². The van der Waals surface area contributed by atoms with E-state index >= 15 is 0 Å². The average molecular weight is 222 g/mol. The van der Waals surface area contributed by atoms with E-state index in [9.17, 15) is 4.39 Å². The highest BCUT2D eigenvalue weighted by Crippen LogP contribution is 2.29. The first-order valence-electron chi connectivity index (χ1n) is 6.07. The molecule has 0 bridgehead atoms. The van der Waals surface area contributed by atoms with Gasteiger partial charge < -0.3 is 4.74 Å². The third-order valence-electron chi connectivity index (χ3n) is 3.43. The molecule has 1 aromatic rings. The number of halogens is 1. The topological polar surface area (TPSA) is 9.23 Å². The van der Waals surface area contributed by atoms with Crippen LogP contribution in [0.3, 0.4) is 0 Å². The van der Waals surface area contributed by atoms with Crippen molar-refractivity contribution in [1.82, 2.24) is 0 Å². The predicted octanol–water partition coefficient (Wildman–Crippen LogP) is 3.73. The molecule has 3 atom stereocenters. The van der Waals surface area contributed by atoms with Gasteiger partial charge in [-0.25, -0.2) is 4.39 Å². The number of hydrogen-bond acceptors (Lipinski definition) is 1. The van der Waals surface area contributed by atoms with Gasteiger partial charge in [0.05, 0.1) is 12.7 Å². The molecule has 2 rings (SSSR count). The molecule has 0 spiro atoms. The van der Waals surface area contributed by atoms with Gasteiger partial charge in [-0.15, -0.1) is 0 Å². The second kappa shape index (κ2) is 5.44. The Hall–Kier alpha value is -0.890. The van der Waals surface area contributed by atoms with E-state index in [-0.39, 0.29) is 12.0 Å². The molecular formula is C14H19FO. The Kier molecular flexibility index (Phi) is 3.94. The van der Waals surface area contributed by atoms with Crippen molar-refractivity contribution in [2.45, 2.75) is 45.1 Å². The quantitative estimate of drug-likeness (QED) is 0.757. The van der Waals surface area contributed by atoms with E-state index in [1.807, 2.05) is 37.3 Å². The van der Waals surface area contributed by atoms with E-state index in [0.717, 1.165) is 18.4 Å². The fourth-order valence-corrected chi connectivity index (χ4v) is 2.29. The minimum absolute atomic E-state index is 0.0393. The highest BCUT2D eigenvalue weighted by Gasteiger charge is 2.30. The SMILES string of the molecule is C[C@H]1[C@@H](OCc2ccccc2)CCC[C@@H]1F. The fourth-order valence-electron chi connectivity index (χ4n) is 2.29. The summed E-state index contributed by atoms with van der Waals surface area (Å²) in [7, 11) is 0. The van der Waals surface area contributed by atoms with Crippen LogP contribution in [-0.4, -0.2) is 12.3 Å². The van der Waals surface area contributed by atoms with Crippen LogP contribution in [0.2, 0.25) is 0 Å². The van der Waals surface area contributed by atoms with E-state index in [0.29, 0.717) is 13.0 Å². The smallest absolute Gasteiger partial charge is 0.105 e. The monoisotopic (exact) mass is 222 g/mol. The normalized spacial score (nSPS) is 30.2. The van der Waals surface area contributed by atoms with Crippen LogP contribution < -0.4 is 0 Å². The van der Waals surface area contributed by atoms with E-state index in [2.05, 4.69) is 0 Å². The molecule has 0 unspecified atom stereocenters. The van der Waals surface area contributed by atoms with E-state index < -0.39 is 6.17 Å². The molecule has 1 aliphatic carbocycles. The molecule has 0 N–H and O–H groups in total. The molecule has 0 radical (unpaired) electrons. The lowest BCUT2D eigenvalue weighted by molar-refractivity contribution is -0.0432. The van der Waals surface area contributed by atoms with Gasteiger partial charge in [0.25, 0.3) is 0 Å². The maximum atomic E-state index is 13.5. The van der Waals surface area contributed by atoms with Crippen LogP contribution >= 0.6 is 0 Å². The first kappa shape index (κ1) is 11.6. The van der Waals surface area contributed by atoms with Crippen LogP contribution in [0, 0.1) is 5.92 Å². The van der Waals surface area contributed by atoms with E-state index in [1.165, 1.54) is 0 Å². The molecule has 1 fully saturated rings. The van der Waals surface area contributed by atoms with Crippen molar-refractivity contribution in [1.29, 1.82) is 0 Å². The average Bonchev–Trinajstić information content (AvgIpc) is 2.32. The van der Waals surface area contributed by atoms with Crippen LogP contribution in [0.4, 0.5) is 4.39 Å². The van der Waals surface area contributed by atoms with Crippen LogP contribution in [0.25, 0.3) is 0 Å². The van der Waals surface area contributed by atoms with Gasteiger partial charge in [-0.05, 0) is 24.8 Å². The third kappa shape index (κ3) is 2.82. The molecule has 0 aromatic heterocycles. The summed E-state index contributed by atoms with van der Waals surface area (Å²) in [6.45, 7) is 2.56. The summed E-state index contributed by atoms with van der Waals surface area (Å²) in [5, 5.41) is 0. The Bertz CT molecular complexity index is 312.